The Hall–Kier alpha value is -1.11. The second-order valence-electron chi connectivity index (χ2n) is 4.37. The molecule has 2 aromatic rings. The first kappa shape index (κ1) is 16.3. The average molecular weight is 389 g/mol. The summed E-state index contributed by atoms with van der Waals surface area (Å²) in [6.45, 7) is 3.35. The Bertz CT molecular complexity index is 632. The zero-order valence-electron chi connectivity index (χ0n) is 11.5. The monoisotopic (exact) mass is 387 g/mol. The Morgan fingerprint density at radius 3 is 2.90 bits per heavy atom. The van der Waals surface area contributed by atoms with Crippen LogP contribution in [-0.2, 0) is 6.54 Å². The Morgan fingerprint density at radius 2 is 2.29 bits per heavy atom. The molecule has 0 bridgehead atoms. The number of hydrogen-bond donors (Lipinski definition) is 2. The number of aromatic nitrogens is 1. The van der Waals surface area contributed by atoms with Crippen LogP contribution in [-0.4, -0.2) is 17.4 Å². The summed E-state index contributed by atoms with van der Waals surface area (Å²) in [7, 11) is 0. The molecule has 2 heterocycles. The number of amides is 1. The van der Waals surface area contributed by atoms with Crippen molar-refractivity contribution in [2.24, 2.45) is 0 Å². The third-order valence-electron chi connectivity index (χ3n) is 2.70. The van der Waals surface area contributed by atoms with E-state index < -0.39 is 0 Å². The van der Waals surface area contributed by atoms with Crippen LogP contribution in [0.3, 0.4) is 0 Å². The highest BCUT2D eigenvalue weighted by Crippen LogP contribution is 2.22. The van der Waals surface area contributed by atoms with Crippen LogP contribution < -0.4 is 10.6 Å². The molecule has 0 aliphatic rings. The second-order valence-corrected chi connectivity index (χ2v) is 7.32. The van der Waals surface area contributed by atoms with Crippen LogP contribution in [0.2, 0.25) is 5.02 Å². The van der Waals surface area contributed by atoms with Crippen LogP contribution in [0.4, 0.5) is 5.82 Å². The van der Waals surface area contributed by atoms with Crippen molar-refractivity contribution in [2.75, 3.05) is 11.9 Å². The van der Waals surface area contributed by atoms with E-state index in [0.29, 0.717) is 22.9 Å². The zero-order chi connectivity index (χ0) is 15.2. The molecule has 2 rings (SSSR count). The van der Waals surface area contributed by atoms with Gasteiger partial charge >= 0.3 is 0 Å². The van der Waals surface area contributed by atoms with Crippen molar-refractivity contribution in [3.8, 4) is 0 Å². The summed E-state index contributed by atoms with van der Waals surface area (Å²) in [6.07, 6.45) is 2.51. The lowest BCUT2D eigenvalue weighted by Crippen LogP contribution is -2.22. The van der Waals surface area contributed by atoms with Gasteiger partial charge in [0.1, 0.15) is 5.82 Å². The van der Waals surface area contributed by atoms with Crippen molar-refractivity contribution in [1.82, 2.24) is 10.3 Å². The molecule has 0 fully saturated rings. The fourth-order valence-electron chi connectivity index (χ4n) is 1.65. The summed E-state index contributed by atoms with van der Waals surface area (Å²) in [6, 6.07) is 5.56. The van der Waals surface area contributed by atoms with Gasteiger partial charge in [-0.25, -0.2) is 4.98 Å². The van der Waals surface area contributed by atoms with Crippen molar-refractivity contribution in [1.29, 1.82) is 0 Å². The molecule has 2 N–H and O–H groups in total. The van der Waals surface area contributed by atoms with Gasteiger partial charge in [-0.3, -0.25) is 4.79 Å². The number of thiophene rings is 1. The number of halogens is 2. The molecule has 0 aliphatic heterocycles. The minimum absolute atomic E-state index is 0.184. The molecule has 7 heteroatoms. The van der Waals surface area contributed by atoms with E-state index in [9.17, 15) is 4.79 Å². The molecule has 21 heavy (non-hydrogen) atoms. The Morgan fingerprint density at radius 1 is 1.48 bits per heavy atom. The Labute approximate surface area is 141 Å². The van der Waals surface area contributed by atoms with Gasteiger partial charge in [-0.1, -0.05) is 18.5 Å². The van der Waals surface area contributed by atoms with Gasteiger partial charge in [0.05, 0.1) is 20.9 Å². The molecule has 0 radical (unpaired) electrons. The molecular weight excluding hydrogens is 374 g/mol. The Balaban J connectivity index is 1.97. The Kier molecular flexibility index (Phi) is 6.02. The van der Waals surface area contributed by atoms with Crippen LogP contribution in [0.5, 0.6) is 0 Å². The topological polar surface area (TPSA) is 54.0 Å². The largest absolute Gasteiger partial charge is 0.369 e. The van der Waals surface area contributed by atoms with Crippen LogP contribution in [0.15, 0.2) is 28.2 Å². The number of carbonyl (C=O) groups excluding carboxylic acids is 1. The summed E-state index contributed by atoms with van der Waals surface area (Å²) in [5.74, 6) is 0.424. The van der Waals surface area contributed by atoms with E-state index in [0.717, 1.165) is 21.6 Å². The summed E-state index contributed by atoms with van der Waals surface area (Å²) < 4.78 is 1.04. The van der Waals surface area contributed by atoms with E-state index in [-0.39, 0.29) is 5.91 Å². The maximum absolute atomic E-state index is 12.1. The molecule has 0 saturated carbocycles. The first-order chi connectivity index (χ1) is 10.1. The molecule has 0 unspecified atom stereocenters. The summed E-state index contributed by atoms with van der Waals surface area (Å²) >= 11 is 11.1. The summed E-state index contributed by atoms with van der Waals surface area (Å²) in [4.78, 5) is 17.3. The third-order valence-corrected chi connectivity index (χ3v) is 4.61. The van der Waals surface area contributed by atoms with Crippen molar-refractivity contribution >= 4 is 50.6 Å². The molecule has 1 amide bonds. The maximum Gasteiger partial charge on any atom is 0.253 e. The predicted octanol–water partition coefficient (Wildman–Crippen LogP) is 4.31. The van der Waals surface area contributed by atoms with Gasteiger partial charge in [-0.05, 0) is 40.5 Å². The molecule has 112 valence electrons. The smallest absolute Gasteiger partial charge is 0.253 e. The van der Waals surface area contributed by atoms with Gasteiger partial charge in [0, 0.05) is 17.6 Å². The van der Waals surface area contributed by atoms with Crippen LogP contribution in [0.1, 0.15) is 28.6 Å². The fraction of sp³-hybridized carbons (Fsp3) is 0.286. The van der Waals surface area contributed by atoms with Gasteiger partial charge in [-0.2, -0.15) is 0 Å². The first-order valence-electron chi connectivity index (χ1n) is 6.52. The zero-order valence-corrected chi connectivity index (χ0v) is 14.6. The quantitative estimate of drug-likeness (QED) is 0.775. The molecule has 0 atom stereocenters. The van der Waals surface area contributed by atoms with Gasteiger partial charge < -0.3 is 10.6 Å². The molecule has 0 spiro atoms. The lowest BCUT2D eigenvalue weighted by Gasteiger charge is -2.08. The van der Waals surface area contributed by atoms with Gasteiger partial charge in [0.15, 0.2) is 0 Å². The van der Waals surface area contributed by atoms with E-state index in [2.05, 4.69) is 38.5 Å². The molecule has 0 aliphatic carbocycles. The first-order valence-corrected chi connectivity index (χ1v) is 8.50. The van der Waals surface area contributed by atoms with Gasteiger partial charge in [-0.15, -0.1) is 11.3 Å². The van der Waals surface area contributed by atoms with Crippen LogP contribution in [0, 0.1) is 0 Å². The van der Waals surface area contributed by atoms with Crippen molar-refractivity contribution in [2.45, 2.75) is 19.9 Å². The second kappa shape index (κ2) is 7.77. The highest BCUT2D eigenvalue weighted by atomic mass is 79.9. The van der Waals surface area contributed by atoms with Crippen molar-refractivity contribution in [3.63, 3.8) is 0 Å². The lowest BCUT2D eigenvalue weighted by atomic mass is 10.2. The van der Waals surface area contributed by atoms with Gasteiger partial charge in [0.25, 0.3) is 5.91 Å². The average Bonchev–Trinajstić information content (AvgIpc) is 2.89. The summed E-state index contributed by atoms with van der Waals surface area (Å²) in [5, 5.41) is 6.41. The van der Waals surface area contributed by atoms with Crippen LogP contribution >= 0.6 is 38.9 Å². The fourth-order valence-corrected chi connectivity index (χ4v) is 3.31. The molecular formula is C14H15BrClN3OS. The number of nitrogens with one attached hydrogen (secondary N) is 2. The number of anilines is 1. The predicted molar refractivity (Wildman–Crippen MR) is 91.2 cm³/mol. The molecule has 0 saturated heterocycles. The third kappa shape index (κ3) is 4.69. The van der Waals surface area contributed by atoms with E-state index in [1.165, 1.54) is 6.20 Å². The van der Waals surface area contributed by atoms with E-state index in [4.69, 9.17) is 11.6 Å². The minimum atomic E-state index is -0.184. The van der Waals surface area contributed by atoms with Crippen molar-refractivity contribution in [3.05, 3.63) is 43.6 Å². The number of rotatable bonds is 6. The summed E-state index contributed by atoms with van der Waals surface area (Å²) in [5.41, 5.74) is 0.456. The maximum atomic E-state index is 12.1. The highest BCUT2D eigenvalue weighted by molar-refractivity contribution is 9.11. The van der Waals surface area contributed by atoms with E-state index in [1.807, 2.05) is 12.1 Å². The molecule has 4 nitrogen and oxygen atoms in total. The van der Waals surface area contributed by atoms with E-state index in [1.54, 1.807) is 17.4 Å². The lowest BCUT2D eigenvalue weighted by molar-refractivity contribution is 0.0951. The number of nitrogens with zero attached hydrogens (tertiary/aromatic N) is 1. The number of pyridine rings is 1. The number of hydrogen-bond acceptors (Lipinski definition) is 4. The molecule has 0 aromatic carbocycles. The normalized spacial score (nSPS) is 10.4. The standard InChI is InChI=1S/C14H15BrClN3OS/c1-2-5-17-13-11(16)6-9(7-18-13)14(20)19-8-10-3-4-12(15)21-10/h3-4,6-7H,2,5,8H2,1H3,(H,17,18)(H,19,20). The SMILES string of the molecule is CCCNc1ncc(C(=O)NCc2ccc(Br)s2)cc1Cl. The number of carbonyl (C=O) groups is 1. The minimum Gasteiger partial charge on any atom is -0.369 e. The van der Waals surface area contributed by atoms with Crippen LogP contribution in [0.25, 0.3) is 0 Å². The van der Waals surface area contributed by atoms with Gasteiger partial charge in [0.2, 0.25) is 0 Å². The van der Waals surface area contributed by atoms with Crippen molar-refractivity contribution < 1.29 is 4.79 Å². The molecule has 2 aromatic heterocycles. The highest BCUT2D eigenvalue weighted by Gasteiger charge is 2.10. The van der Waals surface area contributed by atoms with E-state index >= 15 is 0 Å².